The van der Waals surface area contributed by atoms with Crippen molar-refractivity contribution in [3.05, 3.63) is 65.9 Å². The molecule has 5 nitrogen and oxygen atoms in total. The predicted molar refractivity (Wildman–Crippen MR) is 92.4 cm³/mol. The zero-order chi connectivity index (χ0) is 19.4. The number of carbonyl (C=O) groups excluding carboxylic acids is 1. The van der Waals surface area contributed by atoms with Crippen molar-refractivity contribution in [2.24, 2.45) is 0 Å². The fourth-order valence-electron chi connectivity index (χ4n) is 2.37. The third-order valence-corrected chi connectivity index (χ3v) is 3.58. The van der Waals surface area contributed by atoms with E-state index in [1.54, 1.807) is 30.3 Å². The molecule has 136 valence electrons. The van der Waals surface area contributed by atoms with Crippen LogP contribution in [-0.4, -0.2) is 23.7 Å². The van der Waals surface area contributed by atoms with Crippen LogP contribution in [0.2, 0.25) is 0 Å². The number of hydrogen-bond donors (Lipinski definition) is 1. The molecule has 0 atom stereocenters. The molecule has 0 aliphatic heterocycles. The molecule has 0 radical (unpaired) electrons. The Bertz CT molecular complexity index is 1040. The number of halogens is 3. The summed E-state index contributed by atoms with van der Waals surface area (Å²) in [5.41, 5.74) is 0.942. The summed E-state index contributed by atoms with van der Waals surface area (Å²) in [6.07, 6.45) is -4.51. The fourth-order valence-corrected chi connectivity index (χ4v) is 2.37. The summed E-state index contributed by atoms with van der Waals surface area (Å²) < 4.78 is 41.4. The van der Waals surface area contributed by atoms with E-state index in [1.807, 2.05) is 12.1 Å². The van der Waals surface area contributed by atoms with Gasteiger partial charge in [0.05, 0.1) is 11.1 Å². The monoisotopic (exact) mass is 371 g/mol. The van der Waals surface area contributed by atoms with Crippen molar-refractivity contribution in [2.75, 3.05) is 11.9 Å². The van der Waals surface area contributed by atoms with Gasteiger partial charge in [0, 0.05) is 11.1 Å². The van der Waals surface area contributed by atoms with E-state index in [-0.39, 0.29) is 22.7 Å². The molecule has 3 rings (SSSR count). The first-order valence-corrected chi connectivity index (χ1v) is 7.76. The lowest BCUT2D eigenvalue weighted by Crippen LogP contribution is -2.19. The SMILES string of the molecule is N#Cc1cc(NC(=O)c2ccc3ccccc3n2)ccc1OCC(F)(F)F. The van der Waals surface area contributed by atoms with Gasteiger partial charge in [0.2, 0.25) is 0 Å². The Morgan fingerprint density at radius 1 is 1.15 bits per heavy atom. The maximum absolute atomic E-state index is 12.4. The smallest absolute Gasteiger partial charge is 0.422 e. The van der Waals surface area contributed by atoms with Crippen LogP contribution < -0.4 is 10.1 Å². The second-order valence-electron chi connectivity index (χ2n) is 5.57. The number of nitrogens with one attached hydrogen (secondary N) is 1. The molecule has 0 aliphatic rings. The van der Waals surface area contributed by atoms with Crippen molar-refractivity contribution in [3.8, 4) is 11.8 Å². The van der Waals surface area contributed by atoms with Crippen LogP contribution in [0.25, 0.3) is 10.9 Å². The van der Waals surface area contributed by atoms with E-state index in [9.17, 15) is 18.0 Å². The van der Waals surface area contributed by atoms with Gasteiger partial charge in [-0.3, -0.25) is 4.79 Å². The molecule has 0 spiro atoms. The molecule has 8 heteroatoms. The van der Waals surface area contributed by atoms with Crippen molar-refractivity contribution in [3.63, 3.8) is 0 Å². The number of benzene rings is 2. The minimum absolute atomic E-state index is 0.122. The number of nitriles is 1. The second-order valence-corrected chi connectivity index (χ2v) is 5.57. The van der Waals surface area contributed by atoms with E-state index in [4.69, 9.17) is 5.26 Å². The Morgan fingerprint density at radius 2 is 1.93 bits per heavy atom. The van der Waals surface area contributed by atoms with Gasteiger partial charge in [-0.25, -0.2) is 4.98 Å². The topological polar surface area (TPSA) is 75.0 Å². The van der Waals surface area contributed by atoms with Crippen LogP contribution in [0.3, 0.4) is 0 Å². The minimum Gasteiger partial charge on any atom is -0.483 e. The quantitative estimate of drug-likeness (QED) is 0.742. The number of aromatic nitrogens is 1. The lowest BCUT2D eigenvalue weighted by Gasteiger charge is -2.12. The number of fused-ring (bicyclic) bond motifs is 1. The number of amides is 1. The zero-order valence-electron chi connectivity index (χ0n) is 13.7. The largest absolute Gasteiger partial charge is 0.483 e. The highest BCUT2D eigenvalue weighted by Crippen LogP contribution is 2.25. The van der Waals surface area contributed by atoms with E-state index < -0.39 is 18.7 Å². The summed E-state index contributed by atoms with van der Waals surface area (Å²) in [6.45, 7) is -1.51. The molecule has 0 saturated heterocycles. The van der Waals surface area contributed by atoms with E-state index in [0.29, 0.717) is 5.52 Å². The Kier molecular flexibility index (Phi) is 4.94. The summed E-state index contributed by atoms with van der Waals surface area (Å²) in [5.74, 6) is -0.717. The lowest BCUT2D eigenvalue weighted by molar-refractivity contribution is -0.153. The van der Waals surface area contributed by atoms with Crippen molar-refractivity contribution in [1.82, 2.24) is 4.98 Å². The molecule has 0 aliphatic carbocycles. The number of pyridine rings is 1. The molecular weight excluding hydrogens is 359 g/mol. The summed E-state index contributed by atoms with van der Waals surface area (Å²) >= 11 is 0. The van der Waals surface area contributed by atoms with Crippen LogP contribution in [0.1, 0.15) is 16.1 Å². The van der Waals surface area contributed by atoms with Gasteiger partial charge in [-0.15, -0.1) is 0 Å². The molecule has 3 aromatic rings. The molecule has 2 aromatic carbocycles. The van der Waals surface area contributed by atoms with Crippen molar-refractivity contribution >= 4 is 22.5 Å². The number of anilines is 1. The normalized spacial score (nSPS) is 11.0. The molecule has 0 bridgehead atoms. The van der Waals surface area contributed by atoms with Crippen LogP contribution >= 0.6 is 0 Å². The number of hydrogen-bond acceptors (Lipinski definition) is 4. The number of carbonyl (C=O) groups is 1. The first kappa shape index (κ1) is 18.2. The molecule has 1 amide bonds. The van der Waals surface area contributed by atoms with Crippen LogP contribution in [0.15, 0.2) is 54.6 Å². The average molecular weight is 371 g/mol. The summed E-state index contributed by atoms with van der Waals surface area (Å²) in [5, 5.41) is 12.6. The van der Waals surface area contributed by atoms with E-state index >= 15 is 0 Å². The first-order chi connectivity index (χ1) is 12.9. The summed E-state index contributed by atoms with van der Waals surface area (Å²) in [4.78, 5) is 16.6. The van der Waals surface area contributed by atoms with Gasteiger partial charge in [0.1, 0.15) is 17.5 Å². The zero-order valence-corrected chi connectivity index (χ0v) is 13.7. The Labute approximate surface area is 152 Å². The van der Waals surface area contributed by atoms with Crippen LogP contribution in [0.5, 0.6) is 5.75 Å². The van der Waals surface area contributed by atoms with Crippen molar-refractivity contribution in [1.29, 1.82) is 5.26 Å². The van der Waals surface area contributed by atoms with Gasteiger partial charge in [0.25, 0.3) is 5.91 Å². The number of rotatable bonds is 4. The van der Waals surface area contributed by atoms with Crippen LogP contribution in [0, 0.1) is 11.3 Å². The molecular formula is C19H12F3N3O2. The molecule has 1 heterocycles. The Hall–Kier alpha value is -3.60. The molecule has 1 N–H and O–H groups in total. The number of para-hydroxylation sites is 1. The highest BCUT2D eigenvalue weighted by molar-refractivity contribution is 6.04. The van der Waals surface area contributed by atoms with Crippen LogP contribution in [-0.2, 0) is 0 Å². The summed E-state index contributed by atoms with van der Waals surface area (Å²) in [7, 11) is 0. The van der Waals surface area contributed by atoms with Crippen molar-refractivity contribution < 1.29 is 22.7 Å². The van der Waals surface area contributed by atoms with Crippen LogP contribution in [0.4, 0.5) is 18.9 Å². The Balaban J connectivity index is 1.78. The number of nitrogens with zero attached hydrogens (tertiary/aromatic N) is 2. The van der Waals surface area contributed by atoms with E-state index in [2.05, 4.69) is 15.0 Å². The van der Waals surface area contributed by atoms with Gasteiger partial charge in [-0.05, 0) is 30.3 Å². The van der Waals surface area contributed by atoms with Gasteiger partial charge in [0.15, 0.2) is 6.61 Å². The Morgan fingerprint density at radius 3 is 2.67 bits per heavy atom. The first-order valence-electron chi connectivity index (χ1n) is 7.76. The maximum atomic E-state index is 12.4. The molecule has 27 heavy (non-hydrogen) atoms. The van der Waals surface area contributed by atoms with Gasteiger partial charge < -0.3 is 10.1 Å². The van der Waals surface area contributed by atoms with Crippen molar-refractivity contribution in [2.45, 2.75) is 6.18 Å². The molecule has 0 saturated carbocycles. The number of alkyl halides is 3. The average Bonchev–Trinajstić information content (AvgIpc) is 2.65. The molecule has 0 unspecified atom stereocenters. The standard InChI is InChI=1S/C19H12F3N3O2/c20-19(21,22)11-27-17-8-6-14(9-13(17)10-23)24-18(26)16-7-5-12-3-1-2-4-15(12)25-16/h1-9H,11H2,(H,24,26). The maximum Gasteiger partial charge on any atom is 0.422 e. The molecule has 0 fully saturated rings. The van der Waals surface area contributed by atoms with Gasteiger partial charge in [-0.1, -0.05) is 24.3 Å². The highest BCUT2D eigenvalue weighted by Gasteiger charge is 2.28. The van der Waals surface area contributed by atoms with Gasteiger partial charge in [-0.2, -0.15) is 18.4 Å². The van der Waals surface area contributed by atoms with E-state index in [0.717, 1.165) is 5.39 Å². The predicted octanol–water partition coefficient (Wildman–Crippen LogP) is 4.30. The number of ether oxygens (including phenoxy) is 1. The lowest BCUT2D eigenvalue weighted by atomic mass is 10.1. The van der Waals surface area contributed by atoms with Gasteiger partial charge >= 0.3 is 6.18 Å². The summed E-state index contributed by atoms with van der Waals surface area (Å²) in [6, 6.07) is 16.2. The second kappa shape index (κ2) is 7.33. The molecule has 1 aromatic heterocycles. The minimum atomic E-state index is -4.51. The third kappa shape index (κ3) is 4.52. The third-order valence-electron chi connectivity index (χ3n) is 3.58. The fraction of sp³-hybridized carbons (Fsp3) is 0.105. The van der Waals surface area contributed by atoms with E-state index in [1.165, 1.54) is 18.2 Å². The highest BCUT2D eigenvalue weighted by atomic mass is 19.4.